The quantitative estimate of drug-likeness (QED) is 0.657. The topological polar surface area (TPSA) is 93.7 Å². The molecular weight excluding hydrogens is 396 g/mol. The van der Waals surface area contributed by atoms with E-state index >= 15 is 0 Å². The molecule has 2 aromatic rings. The molecule has 0 saturated heterocycles. The maximum absolute atomic E-state index is 12.6. The molecule has 2 N–H and O–H groups in total. The minimum absolute atomic E-state index is 0.0193. The second-order valence-corrected chi connectivity index (χ2v) is 7.61. The molecule has 7 nitrogen and oxygen atoms in total. The first-order chi connectivity index (χ1) is 15.0. The number of esters is 1. The SMILES string of the molecule is COC(=O)c1cc(CNC(=O)c2cccc(NC(=O)C3CCCCC3)c2)ccc1OC. The van der Waals surface area contributed by atoms with Gasteiger partial charge in [0.25, 0.3) is 5.91 Å². The fourth-order valence-corrected chi connectivity index (χ4v) is 3.77. The maximum atomic E-state index is 12.6. The molecule has 1 fully saturated rings. The van der Waals surface area contributed by atoms with E-state index in [0.717, 1.165) is 31.2 Å². The Kier molecular flexibility index (Phi) is 7.65. The lowest BCUT2D eigenvalue weighted by molar-refractivity contribution is -0.120. The van der Waals surface area contributed by atoms with Gasteiger partial charge in [-0.05, 0) is 48.7 Å². The fourth-order valence-electron chi connectivity index (χ4n) is 3.77. The zero-order chi connectivity index (χ0) is 22.2. The first kappa shape index (κ1) is 22.3. The van der Waals surface area contributed by atoms with Gasteiger partial charge in [0.1, 0.15) is 11.3 Å². The van der Waals surface area contributed by atoms with E-state index in [1.165, 1.54) is 20.6 Å². The zero-order valence-corrected chi connectivity index (χ0v) is 17.9. The Bertz CT molecular complexity index is 951. The second-order valence-electron chi connectivity index (χ2n) is 7.61. The largest absolute Gasteiger partial charge is 0.496 e. The molecule has 0 bridgehead atoms. The molecule has 0 unspecified atom stereocenters. The van der Waals surface area contributed by atoms with Gasteiger partial charge in [-0.25, -0.2) is 4.79 Å². The molecular formula is C24H28N2O5. The molecule has 1 saturated carbocycles. The Morgan fingerprint density at radius 2 is 1.77 bits per heavy atom. The number of nitrogens with one attached hydrogen (secondary N) is 2. The molecule has 0 spiro atoms. The molecule has 0 aromatic heterocycles. The molecule has 1 aliphatic carbocycles. The van der Waals surface area contributed by atoms with Crippen molar-refractivity contribution in [1.82, 2.24) is 5.32 Å². The smallest absolute Gasteiger partial charge is 0.341 e. The van der Waals surface area contributed by atoms with Crippen LogP contribution in [0.4, 0.5) is 5.69 Å². The normalized spacial score (nSPS) is 13.9. The van der Waals surface area contributed by atoms with Gasteiger partial charge in [-0.3, -0.25) is 9.59 Å². The molecule has 0 atom stereocenters. The minimum atomic E-state index is -0.508. The average Bonchev–Trinajstić information content (AvgIpc) is 2.82. The summed E-state index contributed by atoms with van der Waals surface area (Å²) in [4.78, 5) is 37.0. The first-order valence-corrected chi connectivity index (χ1v) is 10.5. The number of amides is 2. The van der Waals surface area contributed by atoms with Gasteiger partial charge in [0.15, 0.2) is 0 Å². The second kappa shape index (κ2) is 10.6. The van der Waals surface area contributed by atoms with Crippen molar-refractivity contribution < 1.29 is 23.9 Å². The summed E-state index contributed by atoms with van der Waals surface area (Å²) in [7, 11) is 2.78. The number of rotatable bonds is 7. The van der Waals surface area contributed by atoms with Crippen LogP contribution in [-0.2, 0) is 16.1 Å². The summed E-state index contributed by atoms with van der Waals surface area (Å²) in [6, 6.07) is 12.0. The predicted molar refractivity (Wildman–Crippen MR) is 117 cm³/mol. The van der Waals surface area contributed by atoms with E-state index in [-0.39, 0.29) is 24.3 Å². The van der Waals surface area contributed by atoms with Gasteiger partial charge < -0.3 is 20.1 Å². The summed E-state index contributed by atoms with van der Waals surface area (Å²) in [6.45, 7) is 0.228. The van der Waals surface area contributed by atoms with Crippen LogP contribution in [0.3, 0.4) is 0 Å². The number of anilines is 1. The third-order valence-corrected chi connectivity index (χ3v) is 5.49. The van der Waals surface area contributed by atoms with Gasteiger partial charge in [-0.1, -0.05) is 31.4 Å². The fraction of sp³-hybridized carbons (Fsp3) is 0.375. The summed E-state index contributed by atoms with van der Waals surface area (Å²) in [5, 5.41) is 5.77. The third-order valence-electron chi connectivity index (χ3n) is 5.49. The van der Waals surface area contributed by atoms with Crippen LogP contribution in [0.2, 0.25) is 0 Å². The van der Waals surface area contributed by atoms with Gasteiger partial charge in [0, 0.05) is 23.7 Å². The molecule has 0 radical (unpaired) electrons. The van der Waals surface area contributed by atoms with Crippen molar-refractivity contribution in [2.24, 2.45) is 5.92 Å². The van der Waals surface area contributed by atoms with Crippen LogP contribution in [0, 0.1) is 5.92 Å². The highest BCUT2D eigenvalue weighted by molar-refractivity contribution is 5.97. The lowest BCUT2D eigenvalue weighted by atomic mass is 9.88. The van der Waals surface area contributed by atoms with Crippen molar-refractivity contribution in [1.29, 1.82) is 0 Å². The van der Waals surface area contributed by atoms with Gasteiger partial charge in [0.2, 0.25) is 5.91 Å². The van der Waals surface area contributed by atoms with Gasteiger partial charge in [0.05, 0.1) is 14.2 Å². The number of carbonyl (C=O) groups is 3. The Morgan fingerprint density at radius 3 is 2.48 bits per heavy atom. The number of ether oxygens (including phenoxy) is 2. The van der Waals surface area contributed by atoms with E-state index in [9.17, 15) is 14.4 Å². The summed E-state index contributed by atoms with van der Waals surface area (Å²) in [5.41, 5.74) is 2.09. The van der Waals surface area contributed by atoms with Crippen molar-refractivity contribution in [2.75, 3.05) is 19.5 Å². The molecule has 164 valence electrons. The van der Waals surface area contributed by atoms with Crippen molar-refractivity contribution in [3.05, 3.63) is 59.2 Å². The number of methoxy groups -OCH3 is 2. The molecule has 7 heteroatoms. The Hall–Kier alpha value is -3.35. The van der Waals surface area contributed by atoms with Crippen LogP contribution in [0.15, 0.2) is 42.5 Å². The van der Waals surface area contributed by atoms with E-state index in [0.29, 0.717) is 22.6 Å². The molecule has 2 aromatic carbocycles. The molecule has 0 heterocycles. The van der Waals surface area contributed by atoms with Crippen LogP contribution in [0.25, 0.3) is 0 Å². The number of benzene rings is 2. The highest BCUT2D eigenvalue weighted by atomic mass is 16.5. The molecule has 3 rings (SSSR count). The Morgan fingerprint density at radius 1 is 1.00 bits per heavy atom. The highest BCUT2D eigenvalue weighted by Crippen LogP contribution is 2.25. The summed E-state index contributed by atoms with van der Waals surface area (Å²) in [5.74, 6) is -0.310. The van der Waals surface area contributed by atoms with Crippen LogP contribution in [-0.4, -0.2) is 32.0 Å². The van der Waals surface area contributed by atoms with E-state index in [1.807, 2.05) is 0 Å². The predicted octanol–water partition coefficient (Wildman–Crippen LogP) is 3.93. The molecule has 0 aliphatic heterocycles. The first-order valence-electron chi connectivity index (χ1n) is 10.5. The van der Waals surface area contributed by atoms with Crippen LogP contribution < -0.4 is 15.4 Å². The average molecular weight is 424 g/mol. The molecule has 2 amide bonds. The van der Waals surface area contributed by atoms with E-state index in [1.54, 1.807) is 42.5 Å². The standard InChI is InChI=1S/C24H28N2O5/c1-30-21-12-11-16(13-20(21)24(29)31-2)15-25-22(27)18-9-6-10-19(14-18)26-23(28)17-7-4-3-5-8-17/h6,9-14,17H,3-5,7-8,15H2,1-2H3,(H,25,27)(H,26,28). The monoisotopic (exact) mass is 424 g/mol. The van der Waals surface area contributed by atoms with E-state index < -0.39 is 5.97 Å². The van der Waals surface area contributed by atoms with Gasteiger partial charge >= 0.3 is 5.97 Å². The highest BCUT2D eigenvalue weighted by Gasteiger charge is 2.21. The van der Waals surface area contributed by atoms with Crippen molar-refractivity contribution in [2.45, 2.75) is 38.6 Å². The van der Waals surface area contributed by atoms with Crippen molar-refractivity contribution in [3.8, 4) is 5.75 Å². The maximum Gasteiger partial charge on any atom is 0.341 e. The number of hydrogen-bond donors (Lipinski definition) is 2. The van der Waals surface area contributed by atoms with Crippen LogP contribution in [0.1, 0.15) is 58.4 Å². The van der Waals surface area contributed by atoms with Crippen molar-refractivity contribution in [3.63, 3.8) is 0 Å². The van der Waals surface area contributed by atoms with Gasteiger partial charge in [-0.2, -0.15) is 0 Å². The molecule has 31 heavy (non-hydrogen) atoms. The summed E-state index contributed by atoms with van der Waals surface area (Å²) in [6.07, 6.45) is 5.20. The van der Waals surface area contributed by atoms with E-state index in [4.69, 9.17) is 9.47 Å². The minimum Gasteiger partial charge on any atom is -0.496 e. The van der Waals surface area contributed by atoms with Crippen molar-refractivity contribution >= 4 is 23.5 Å². The van der Waals surface area contributed by atoms with Gasteiger partial charge in [-0.15, -0.1) is 0 Å². The lowest BCUT2D eigenvalue weighted by Gasteiger charge is -2.20. The summed E-state index contributed by atoms with van der Waals surface area (Å²) >= 11 is 0. The Balaban J connectivity index is 1.62. The zero-order valence-electron chi connectivity index (χ0n) is 17.9. The Labute approximate surface area is 182 Å². The number of hydrogen-bond acceptors (Lipinski definition) is 5. The number of carbonyl (C=O) groups excluding carboxylic acids is 3. The lowest BCUT2D eigenvalue weighted by Crippen LogP contribution is -2.25. The third kappa shape index (κ3) is 5.84. The van der Waals surface area contributed by atoms with Crippen LogP contribution in [0.5, 0.6) is 5.75 Å². The summed E-state index contributed by atoms with van der Waals surface area (Å²) < 4.78 is 9.96. The molecule has 1 aliphatic rings. The van der Waals surface area contributed by atoms with Crippen LogP contribution >= 0.6 is 0 Å². The van der Waals surface area contributed by atoms with E-state index in [2.05, 4.69) is 10.6 Å².